The van der Waals surface area contributed by atoms with Crippen molar-refractivity contribution in [3.05, 3.63) is 0 Å². The van der Waals surface area contributed by atoms with Gasteiger partial charge in [0.2, 0.25) is 0 Å². The molecule has 0 radical (unpaired) electrons. The third kappa shape index (κ3) is 6.27. The molecular formula is C19H34O16. The Morgan fingerprint density at radius 1 is 0.571 bits per heavy atom. The molecule has 0 spiro atoms. The highest BCUT2D eigenvalue weighted by molar-refractivity contribution is 4.95. The van der Waals surface area contributed by atoms with Gasteiger partial charge in [-0.25, -0.2) is 0 Å². The molecule has 0 aromatic carbocycles. The molecule has 0 saturated carbocycles. The quantitative estimate of drug-likeness (QED) is 0.122. The number of rotatable bonds is 11. The van der Waals surface area contributed by atoms with Crippen LogP contribution in [0, 0.1) is 0 Å². The number of hydrogen-bond donors (Lipinski definition) is 10. The molecule has 0 amide bonds. The minimum absolute atomic E-state index is 0.422. The van der Waals surface area contributed by atoms with E-state index in [0.29, 0.717) is 0 Å². The van der Waals surface area contributed by atoms with Gasteiger partial charge in [-0.1, -0.05) is 0 Å². The predicted octanol–water partition coefficient (Wildman–Crippen LogP) is -6.92. The van der Waals surface area contributed by atoms with Crippen LogP contribution < -0.4 is 0 Å². The van der Waals surface area contributed by atoms with E-state index in [-0.39, 0.29) is 0 Å². The summed E-state index contributed by atoms with van der Waals surface area (Å²) in [4.78, 5) is 0. The fraction of sp³-hybridized carbons (Fsp3) is 1.00. The Labute approximate surface area is 199 Å². The summed E-state index contributed by atoms with van der Waals surface area (Å²) in [5.41, 5.74) is 0. The van der Waals surface area contributed by atoms with Gasteiger partial charge in [0, 0.05) is 0 Å². The van der Waals surface area contributed by atoms with Crippen LogP contribution in [-0.4, -0.2) is 170 Å². The fourth-order valence-corrected chi connectivity index (χ4v) is 4.01. The second kappa shape index (κ2) is 12.7. The summed E-state index contributed by atoms with van der Waals surface area (Å²) in [6, 6.07) is 0. The molecule has 3 heterocycles. The normalized spacial score (nSPS) is 47.3. The second-order valence-electron chi connectivity index (χ2n) is 8.50. The molecule has 3 aliphatic rings. The first-order valence-corrected chi connectivity index (χ1v) is 11.1. The maximum absolute atomic E-state index is 10.8. The van der Waals surface area contributed by atoms with E-state index in [9.17, 15) is 46.0 Å². The molecule has 14 atom stereocenters. The molecule has 3 fully saturated rings. The van der Waals surface area contributed by atoms with Gasteiger partial charge in [-0.2, -0.15) is 0 Å². The zero-order chi connectivity index (χ0) is 25.9. The van der Waals surface area contributed by atoms with Crippen molar-refractivity contribution in [3.8, 4) is 0 Å². The van der Waals surface area contributed by atoms with Crippen molar-refractivity contribution in [2.75, 3.05) is 33.0 Å². The van der Waals surface area contributed by atoms with Gasteiger partial charge in [0.25, 0.3) is 0 Å². The summed E-state index contributed by atoms with van der Waals surface area (Å²) in [7, 11) is 0. The molecule has 0 unspecified atom stereocenters. The first-order chi connectivity index (χ1) is 16.7. The van der Waals surface area contributed by atoms with E-state index in [0.717, 1.165) is 0 Å². The van der Waals surface area contributed by atoms with Crippen molar-refractivity contribution in [2.24, 2.45) is 0 Å². The summed E-state index contributed by atoms with van der Waals surface area (Å²) >= 11 is 0. The Balaban J connectivity index is 1.73. The predicted molar refractivity (Wildman–Crippen MR) is 106 cm³/mol. The topological polar surface area (TPSA) is 258 Å². The van der Waals surface area contributed by atoms with Crippen molar-refractivity contribution in [3.63, 3.8) is 0 Å². The Morgan fingerprint density at radius 2 is 1.03 bits per heavy atom. The van der Waals surface area contributed by atoms with Crippen LogP contribution in [0.2, 0.25) is 0 Å². The molecule has 16 heteroatoms. The van der Waals surface area contributed by atoms with E-state index in [1.54, 1.807) is 0 Å². The summed E-state index contributed by atoms with van der Waals surface area (Å²) in [6.45, 7) is -3.07. The highest BCUT2D eigenvalue weighted by atomic mass is 16.8. The Bertz CT molecular complexity index is 642. The summed E-state index contributed by atoms with van der Waals surface area (Å²) in [5, 5.41) is 98.6. The zero-order valence-corrected chi connectivity index (χ0v) is 18.5. The van der Waals surface area contributed by atoms with E-state index in [1.807, 2.05) is 0 Å². The van der Waals surface area contributed by atoms with Crippen molar-refractivity contribution >= 4 is 0 Å². The molecule has 0 aliphatic carbocycles. The largest absolute Gasteiger partial charge is 0.394 e. The van der Waals surface area contributed by atoms with Crippen LogP contribution in [0.25, 0.3) is 0 Å². The molecule has 16 nitrogen and oxygen atoms in total. The summed E-state index contributed by atoms with van der Waals surface area (Å²) in [6.07, 6.45) is -20.7. The number of aliphatic hydroxyl groups excluding tert-OH is 10. The van der Waals surface area contributed by atoms with Gasteiger partial charge in [-0.15, -0.1) is 0 Å². The molecule has 3 rings (SSSR count). The van der Waals surface area contributed by atoms with Crippen LogP contribution >= 0.6 is 0 Å². The van der Waals surface area contributed by atoms with Gasteiger partial charge >= 0.3 is 0 Å². The minimum Gasteiger partial charge on any atom is -0.394 e. The lowest BCUT2D eigenvalue weighted by Gasteiger charge is -2.43. The lowest BCUT2D eigenvalue weighted by atomic mass is 9.98. The average molecular weight is 518 g/mol. The second-order valence-corrected chi connectivity index (χ2v) is 8.50. The van der Waals surface area contributed by atoms with Gasteiger partial charge in [0.15, 0.2) is 18.9 Å². The molecular weight excluding hydrogens is 484 g/mol. The van der Waals surface area contributed by atoms with Crippen LogP contribution in [0.4, 0.5) is 0 Å². The molecule has 0 aromatic heterocycles. The molecule has 3 aliphatic heterocycles. The third-order valence-electron chi connectivity index (χ3n) is 6.04. The van der Waals surface area contributed by atoms with Crippen molar-refractivity contribution in [2.45, 2.75) is 86.0 Å². The average Bonchev–Trinajstić information content (AvgIpc) is 3.31. The van der Waals surface area contributed by atoms with Gasteiger partial charge in [0.1, 0.15) is 67.1 Å². The molecule has 3 saturated heterocycles. The van der Waals surface area contributed by atoms with E-state index < -0.39 is 119 Å². The van der Waals surface area contributed by atoms with Crippen LogP contribution in [0.15, 0.2) is 0 Å². The molecule has 10 N–H and O–H groups in total. The summed E-state index contributed by atoms with van der Waals surface area (Å²) < 4.78 is 32.4. The molecule has 0 bridgehead atoms. The zero-order valence-electron chi connectivity index (χ0n) is 18.5. The van der Waals surface area contributed by atoms with Crippen molar-refractivity contribution < 1.29 is 79.5 Å². The van der Waals surface area contributed by atoms with Gasteiger partial charge in [-0.3, -0.25) is 0 Å². The lowest BCUT2D eigenvalue weighted by Crippen LogP contribution is -2.62. The first kappa shape index (κ1) is 28.9. The highest BCUT2D eigenvalue weighted by Crippen LogP contribution is 2.33. The van der Waals surface area contributed by atoms with E-state index in [4.69, 9.17) is 33.5 Å². The van der Waals surface area contributed by atoms with E-state index in [1.165, 1.54) is 0 Å². The minimum atomic E-state index is -1.81. The first-order valence-electron chi connectivity index (χ1n) is 11.1. The standard InChI is InChI=1S/C19H34O16/c20-1-6(24)5-30-19-16(12(27)9(4-23)33-19)35-18-14(29)15(11(26)8(3-22)32-18)34-17-13(28)10(25)7(2-21)31-17/h6-29H,1-5H2/t6-,7+,8-,9+,10+,11-,12+,13-,14-,15+,16-,17+,18-,19-/m1/s1. The van der Waals surface area contributed by atoms with Crippen LogP contribution in [0.1, 0.15) is 0 Å². The van der Waals surface area contributed by atoms with Gasteiger partial charge < -0.3 is 79.5 Å². The van der Waals surface area contributed by atoms with Crippen LogP contribution in [-0.2, 0) is 28.4 Å². The van der Waals surface area contributed by atoms with E-state index in [2.05, 4.69) is 0 Å². The van der Waals surface area contributed by atoms with E-state index >= 15 is 0 Å². The molecule has 35 heavy (non-hydrogen) atoms. The molecule has 206 valence electrons. The lowest BCUT2D eigenvalue weighted by molar-refractivity contribution is -0.347. The Morgan fingerprint density at radius 3 is 1.54 bits per heavy atom. The highest BCUT2D eigenvalue weighted by Gasteiger charge is 2.53. The third-order valence-corrected chi connectivity index (χ3v) is 6.04. The fourth-order valence-electron chi connectivity index (χ4n) is 4.01. The van der Waals surface area contributed by atoms with Crippen molar-refractivity contribution in [1.29, 1.82) is 0 Å². The van der Waals surface area contributed by atoms with Gasteiger partial charge in [-0.05, 0) is 0 Å². The van der Waals surface area contributed by atoms with Gasteiger partial charge in [0.05, 0.1) is 33.0 Å². The number of ether oxygens (including phenoxy) is 6. The Kier molecular flexibility index (Phi) is 10.5. The smallest absolute Gasteiger partial charge is 0.187 e. The van der Waals surface area contributed by atoms with Crippen molar-refractivity contribution in [1.82, 2.24) is 0 Å². The number of hydrogen-bond acceptors (Lipinski definition) is 16. The summed E-state index contributed by atoms with van der Waals surface area (Å²) in [5.74, 6) is 0. The maximum atomic E-state index is 10.8. The SMILES string of the molecule is OC[C@@H](O)CO[C@@H]1O[C@@H](CO)[C@H](O)[C@H]1O[C@H]1O[C@H](CO)[C@@H](O)[C@H](O[C@@H]2O[C@@H](CO)[C@H](O)[C@H]2O)[C@H]1O. The maximum Gasteiger partial charge on any atom is 0.187 e. The van der Waals surface area contributed by atoms with Crippen LogP contribution in [0.5, 0.6) is 0 Å². The van der Waals surface area contributed by atoms with Crippen LogP contribution in [0.3, 0.4) is 0 Å². The monoisotopic (exact) mass is 518 g/mol. The number of aliphatic hydroxyl groups is 10. The Hall–Kier alpha value is -0.640. The molecule has 0 aromatic rings.